The lowest BCUT2D eigenvalue weighted by molar-refractivity contribution is -0.128. The van der Waals surface area contributed by atoms with Crippen LogP contribution < -0.4 is 10.1 Å². The third kappa shape index (κ3) is 5.84. The number of halogens is 4. The summed E-state index contributed by atoms with van der Waals surface area (Å²) in [6.45, 7) is 0. The molecule has 2 aromatic carbocycles. The molecular weight excluding hydrogens is 459 g/mol. The average molecular weight is 474 g/mol. The summed E-state index contributed by atoms with van der Waals surface area (Å²) in [4.78, 5) is 30.7. The molecule has 2 aromatic rings. The number of carbonyl (C=O) groups excluding carboxylic acids is 2. The van der Waals surface area contributed by atoms with Crippen LogP contribution in [-0.2, 0) is 9.59 Å². The van der Waals surface area contributed by atoms with Crippen LogP contribution in [0.4, 0.5) is 20.2 Å². The summed E-state index contributed by atoms with van der Waals surface area (Å²) in [5.74, 6) is -0.805. The van der Waals surface area contributed by atoms with Gasteiger partial charge in [-0.25, -0.2) is 4.99 Å². The van der Waals surface area contributed by atoms with Gasteiger partial charge in [-0.05, 0) is 36.4 Å². The van der Waals surface area contributed by atoms with Gasteiger partial charge in [-0.15, -0.1) is 8.78 Å². The Hall–Kier alpha value is -2.36. The minimum Gasteiger partial charge on any atom is -0.420 e. The van der Waals surface area contributed by atoms with Crippen molar-refractivity contribution in [2.45, 2.75) is 17.2 Å². The predicted molar refractivity (Wildman–Crippen MR) is 114 cm³/mol. The molecule has 6 nitrogen and oxygen atoms in total. The smallest absolute Gasteiger partial charge is 0.420 e. The average Bonchev–Trinajstić information content (AvgIpc) is 2.67. The van der Waals surface area contributed by atoms with Gasteiger partial charge in [0.15, 0.2) is 5.17 Å². The SMILES string of the molecule is CN1C(=O)C[C@@H](C(=O)Nc2ccccc2Cl)SC1=Nc1ccc(OC(F)(F)Cl)cc1. The van der Waals surface area contributed by atoms with Crippen molar-refractivity contribution >= 4 is 63.3 Å². The van der Waals surface area contributed by atoms with Crippen LogP contribution in [0.5, 0.6) is 5.75 Å². The molecular formula is C19H15Cl2F2N3O3S. The number of anilines is 1. The molecule has 0 aromatic heterocycles. The summed E-state index contributed by atoms with van der Waals surface area (Å²) >= 11 is 11.9. The van der Waals surface area contributed by atoms with Crippen molar-refractivity contribution in [3.05, 3.63) is 53.6 Å². The van der Waals surface area contributed by atoms with Crippen molar-refractivity contribution in [2.24, 2.45) is 4.99 Å². The van der Waals surface area contributed by atoms with E-state index in [1.165, 1.54) is 29.2 Å². The van der Waals surface area contributed by atoms with Gasteiger partial charge < -0.3 is 10.1 Å². The Morgan fingerprint density at radius 2 is 1.93 bits per heavy atom. The van der Waals surface area contributed by atoms with E-state index in [4.69, 9.17) is 23.2 Å². The molecule has 2 amide bonds. The van der Waals surface area contributed by atoms with Crippen molar-refractivity contribution in [3.63, 3.8) is 0 Å². The highest BCUT2D eigenvalue weighted by Crippen LogP contribution is 2.31. The lowest BCUT2D eigenvalue weighted by Gasteiger charge is -2.28. The fourth-order valence-corrected chi connectivity index (χ4v) is 3.84. The molecule has 1 atom stereocenters. The first-order valence-corrected chi connectivity index (χ1v) is 10.2. The number of nitrogens with one attached hydrogen (secondary N) is 1. The summed E-state index contributed by atoms with van der Waals surface area (Å²) in [5.41, 5.74) is -2.99. The van der Waals surface area contributed by atoms with E-state index in [0.29, 0.717) is 21.6 Å². The van der Waals surface area contributed by atoms with Crippen LogP contribution in [0.3, 0.4) is 0 Å². The minimum absolute atomic E-state index is 0.00590. The van der Waals surface area contributed by atoms with Crippen molar-refractivity contribution in [1.29, 1.82) is 0 Å². The number of aliphatic imine (C=N–C) groups is 1. The van der Waals surface area contributed by atoms with Crippen molar-refractivity contribution in [2.75, 3.05) is 12.4 Å². The number of benzene rings is 2. The molecule has 0 aliphatic carbocycles. The largest absolute Gasteiger partial charge is 0.487 e. The highest BCUT2D eigenvalue weighted by Gasteiger charge is 2.34. The van der Waals surface area contributed by atoms with Gasteiger partial charge in [0.2, 0.25) is 11.8 Å². The first kappa shape index (κ1) is 22.3. The van der Waals surface area contributed by atoms with Gasteiger partial charge in [0.05, 0.1) is 16.4 Å². The van der Waals surface area contributed by atoms with Crippen LogP contribution in [-0.4, -0.2) is 39.7 Å². The molecule has 1 saturated heterocycles. The highest BCUT2D eigenvalue weighted by atomic mass is 35.5. The fourth-order valence-electron chi connectivity index (χ4n) is 2.51. The van der Waals surface area contributed by atoms with E-state index in [9.17, 15) is 18.4 Å². The third-order valence-electron chi connectivity index (χ3n) is 3.99. The molecule has 0 saturated carbocycles. The van der Waals surface area contributed by atoms with E-state index >= 15 is 0 Å². The number of nitrogens with zero attached hydrogens (tertiary/aromatic N) is 2. The number of para-hydroxylation sites is 1. The van der Waals surface area contributed by atoms with Crippen LogP contribution in [0.15, 0.2) is 53.5 Å². The molecule has 0 unspecified atom stereocenters. The molecule has 0 radical (unpaired) electrons. The first-order valence-electron chi connectivity index (χ1n) is 8.55. The number of hydrogen-bond acceptors (Lipinski definition) is 5. The molecule has 0 bridgehead atoms. The van der Waals surface area contributed by atoms with Crippen LogP contribution in [0.2, 0.25) is 5.02 Å². The quantitative estimate of drug-likeness (QED) is 0.613. The highest BCUT2D eigenvalue weighted by molar-refractivity contribution is 8.15. The summed E-state index contributed by atoms with van der Waals surface area (Å²) < 4.78 is 29.6. The van der Waals surface area contributed by atoms with Gasteiger partial charge >= 0.3 is 5.57 Å². The zero-order chi connectivity index (χ0) is 21.9. The standard InChI is InChI=1S/C19H15Cl2F2N3O3S/c1-26-16(27)10-15(17(28)25-14-5-3-2-4-13(14)20)30-18(26)24-11-6-8-12(9-7-11)29-19(21,22)23/h2-9,15H,10H2,1H3,(H,25,28)/t15-/m0/s1. The molecule has 1 N–H and O–H groups in total. The second-order valence-electron chi connectivity index (χ2n) is 6.17. The lowest BCUT2D eigenvalue weighted by atomic mass is 10.2. The molecule has 0 spiro atoms. The van der Waals surface area contributed by atoms with Gasteiger partial charge in [0.25, 0.3) is 0 Å². The van der Waals surface area contributed by atoms with Gasteiger partial charge in [-0.3, -0.25) is 14.5 Å². The van der Waals surface area contributed by atoms with Crippen molar-refractivity contribution < 1.29 is 23.1 Å². The van der Waals surface area contributed by atoms with Gasteiger partial charge in [-0.1, -0.05) is 35.5 Å². The maximum Gasteiger partial charge on any atom is 0.487 e. The monoisotopic (exact) mass is 473 g/mol. The number of ether oxygens (including phenoxy) is 1. The van der Waals surface area contributed by atoms with E-state index in [1.54, 1.807) is 31.3 Å². The van der Waals surface area contributed by atoms with Crippen molar-refractivity contribution in [3.8, 4) is 5.75 Å². The summed E-state index contributed by atoms with van der Waals surface area (Å²) in [7, 11) is 1.54. The number of amidine groups is 1. The summed E-state index contributed by atoms with van der Waals surface area (Å²) in [5, 5.41) is 2.68. The second-order valence-corrected chi connectivity index (χ2v) is 8.19. The molecule has 158 valence electrons. The number of hydrogen-bond donors (Lipinski definition) is 1. The van der Waals surface area contributed by atoms with E-state index in [0.717, 1.165) is 11.8 Å². The zero-order valence-corrected chi connectivity index (χ0v) is 17.8. The number of thioether (sulfide) groups is 1. The fraction of sp³-hybridized carbons (Fsp3) is 0.211. The molecule has 1 aliphatic rings. The van der Waals surface area contributed by atoms with Crippen molar-refractivity contribution in [1.82, 2.24) is 4.90 Å². The van der Waals surface area contributed by atoms with E-state index in [-0.39, 0.29) is 24.0 Å². The van der Waals surface area contributed by atoms with Gasteiger partial charge in [-0.2, -0.15) is 0 Å². The van der Waals surface area contributed by atoms with Crippen LogP contribution in [0.25, 0.3) is 0 Å². The maximum atomic E-state index is 12.7. The Kier molecular flexibility index (Phi) is 6.84. The van der Waals surface area contributed by atoms with Gasteiger partial charge in [0, 0.05) is 25.1 Å². The maximum absolute atomic E-state index is 12.7. The second kappa shape index (κ2) is 9.20. The zero-order valence-electron chi connectivity index (χ0n) is 15.4. The number of carbonyl (C=O) groups is 2. The van der Waals surface area contributed by atoms with E-state index in [1.807, 2.05) is 0 Å². The summed E-state index contributed by atoms with van der Waals surface area (Å²) in [6, 6.07) is 12.2. The molecule has 1 fully saturated rings. The minimum atomic E-state index is -3.82. The topological polar surface area (TPSA) is 71.0 Å². The first-order chi connectivity index (χ1) is 14.1. The molecule has 11 heteroatoms. The molecule has 30 heavy (non-hydrogen) atoms. The Labute approximate surface area is 185 Å². The van der Waals surface area contributed by atoms with E-state index in [2.05, 4.69) is 15.0 Å². The van der Waals surface area contributed by atoms with Gasteiger partial charge in [0.1, 0.15) is 11.0 Å². The van der Waals surface area contributed by atoms with Crippen LogP contribution in [0.1, 0.15) is 6.42 Å². The number of rotatable bonds is 5. The Bertz CT molecular complexity index is 984. The Morgan fingerprint density at radius 1 is 1.27 bits per heavy atom. The summed E-state index contributed by atoms with van der Waals surface area (Å²) in [6.07, 6.45) is -0.00590. The van der Waals surface area contributed by atoms with E-state index < -0.39 is 10.8 Å². The molecule has 1 aliphatic heterocycles. The Morgan fingerprint density at radius 3 is 2.57 bits per heavy atom. The molecule has 1 heterocycles. The Balaban J connectivity index is 1.75. The predicted octanol–water partition coefficient (Wildman–Crippen LogP) is 5.10. The number of amides is 2. The third-order valence-corrected chi connectivity index (χ3v) is 5.64. The van der Waals surface area contributed by atoms with Crippen LogP contribution in [0, 0.1) is 0 Å². The lowest BCUT2D eigenvalue weighted by Crippen LogP contribution is -2.43. The number of alkyl halides is 3. The van der Waals surface area contributed by atoms with Crippen LogP contribution >= 0.6 is 35.0 Å². The molecule has 3 rings (SSSR count). The normalized spacial score (nSPS) is 18.4.